The van der Waals surface area contributed by atoms with Crippen molar-refractivity contribution in [1.29, 1.82) is 0 Å². The lowest BCUT2D eigenvalue weighted by molar-refractivity contribution is 0.0734. The first-order valence-corrected chi connectivity index (χ1v) is 14.0. The van der Waals surface area contributed by atoms with Gasteiger partial charge in [-0.3, -0.25) is 4.79 Å². The minimum Gasteiger partial charge on any atom is -0.496 e. The Morgan fingerprint density at radius 1 is 0.881 bits per heavy atom. The number of carbonyl (C=O) groups excluding carboxylic acids is 2. The summed E-state index contributed by atoms with van der Waals surface area (Å²) in [6.45, 7) is 0. The number of ether oxygens (including phenoxy) is 3. The third-order valence-electron chi connectivity index (χ3n) is 6.33. The van der Waals surface area contributed by atoms with Crippen LogP contribution in [0.4, 0.5) is 0 Å². The van der Waals surface area contributed by atoms with Crippen LogP contribution in [-0.2, 0) is 0 Å². The van der Waals surface area contributed by atoms with Crippen LogP contribution in [0.1, 0.15) is 26.4 Å². The van der Waals surface area contributed by atoms with Crippen molar-refractivity contribution in [1.82, 2.24) is 10.4 Å². The molecule has 11 heteroatoms. The minimum atomic E-state index is -0.632. The zero-order valence-electron chi connectivity index (χ0n) is 22.2. The second-order valence-electron chi connectivity index (χ2n) is 8.83. The second-order valence-corrected chi connectivity index (χ2v) is 10.6. The molecule has 8 nitrogen and oxygen atoms in total. The zero-order valence-corrected chi connectivity index (χ0v) is 25.3. The normalized spacial score (nSPS) is 11.1. The Hall–Kier alpha value is -4.31. The number of nitrogens with zero attached hydrogens (tertiary/aromatic N) is 1. The molecule has 1 heterocycles. The number of halogens is 3. The molecule has 0 saturated heterocycles. The van der Waals surface area contributed by atoms with E-state index in [2.05, 4.69) is 31.4 Å². The summed E-state index contributed by atoms with van der Waals surface area (Å²) in [7, 11) is 3.08. The number of aromatic nitrogens is 1. The van der Waals surface area contributed by atoms with Gasteiger partial charge in [-0.2, -0.15) is 5.10 Å². The molecule has 0 spiro atoms. The molecule has 42 heavy (non-hydrogen) atoms. The van der Waals surface area contributed by atoms with E-state index in [4.69, 9.17) is 37.4 Å². The third kappa shape index (κ3) is 5.85. The molecular weight excluding hydrogens is 645 g/mol. The molecule has 0 bridgehead atoms. The Morgan fingerprint density at radius 3 is 2.26 bits per heavy atom. The van der Waals surface area contributed by atoms with E-state index in [1.807, 2.05) is 12.1 Å². The molecule has 0 unspecified atom stereocenters. The smallest absolute Gasteiger partial charge is 0.345 e. The van der Waals surface area contributed by atoms with E-state index in [-0.39, 0.29) is 22.0 Å². The van der Waals surface area contributed by atoms with Gasteiger partial charge < -0.3 is 19.2 Å². The van der Waals surface area contributed by atoms with Crippen molar-refractivity contribution < 1.29 is 23.8 Å². The van der Waals surface area contributed by atoms with E-state index < -0.39 is 11.9 Å². The first-order chi connectivity index (χ1) is 20.3. The number of esters is 1. The Morgan fingerprint density at radius 2 is 1.55 bits per heavy atom. The fourth-order valence-corrected chi connectivity index (χ4v) is 5.23. The Balaban J connectivity index is 1.50. The topological polar surface area (TPSA) is 102 Å². The number of rotatable bonds is 8. The second kappa shape index (κ2) is 12.7. The molecule has 0 radical (unpaired) electrons. The number of hydrogen-bond acceptors (Lipinski definition) is 6. The molecule has 4 aromatic carbocycles. The van der Waals surface area contributed by atoms with E-state index in [0.717, 1.165) is 0 Å². The molecule has 0 atom stereocenters. The number of H-pyrrole nitrogens is 1. The maximum Gasteiger partial charge on any atom is 0.345 e. The lowest BCUT2D eigenvalue weighted by Crippen LogP contribution is -2.19. The average molecular weight is 667 g/mol. The Kier molecular flexibility index (Phi) is 8.82. The van der Waals surface area contributed by atoms with Crippen LogP contribution in [0.25, 0.3) is 22.0 Å². The fraction of sp³-hybridized carbons (Fsp3) is 0.0645. The van der Waals surface area contributed by atoms with Crippen molar-refractivity contribution in [3.63, 3.8) is 0 Å². The highest BCUT2D eigenvalue weighted by Crippen LogP contribution is 2.44. The van der Waals surface area contributed by atoms with Gasteiger partial charge in [0, 0.05) is 26.2 Å². The summed E-state index contributed by atoms with van der Waals surface area (Å²) < 4.78 is 17.5. The molecule has 0 fully saturated rings. The number of methoxy groups -OCH3 is 2. The van der Waals surface area contributed by atoms with Gasteiger partial charge in [-0.15, -0.1) is 0 Å². The van der Waals surface area contributed by atoms with E-state index >= 15 is 0 Å². The van der Waals surface area contributed by atoms with Gasteiger partial charge in [0.15, 0.2) is 0 Å². The van der Waals surface area contributed by atoms with Gasteiger partial charge in [-0.25, -0.2) is 10.2 Å². The number of carbonyl (C=O) groups is 2. The van der Waals surface area contributed by atoms with E-state index in [1.54, 1.807) is 73.8 Å². The molecule has 2 N–H and O–H groups in total. The van der Waals surface area contributed by atoms with Gasteiger partial charge in [-0.1, -0.05) is 69.5 Å². The molecular formula is C31H22BrCl2N3O5. The fourth-order valence-electron chi connectivity index (χ4n) is 4.40. The van der Waals surface area contributed by atoms with E-state index in [1.165, 1.54) is 13.3 Å². The standard InChI is InChI=1S/C31H22BrCl2N3O5/c1-40-24-13-14-25(41-2)28-27(24)26(19-7-3-5-9-21(19)33)29(36-28)30(38)37-35-16-17-15-18(32)11-12-23(17)42-31(39)20-8-4-6-10-22(20)34/h3-16,36H,1-2H3,(H,37,38). The van der Waals surface area contributed by atoms with E-state index in [0.29, 0.717) is 48.6 Å². The average Bonchev–Trinajstić information content (AvgIpc) is 3.39. The first kappa shape index (κ1) is 29.2. The minimum absolute atomic E-state index is 0.192. The lowest BCUT2D eigenvalue weighted by atomic mass is 10.0. The van der Waals surface area contributed by atoms with Crippen LogP contribution in [-0.4, -0.2) is 37.3 Å². The maximum absolute atomic E-state index is 13.6. The van der Waals surface area contributed by atoms with Crippen molar-refractivity contribution in [2.24, 2.45) is 5.10 Å². The van der Waals surface area contributed by atoms with Gasteiger partial charge >= 0.3 is 5.97 Å². The van der Waals surface area contributed by atoms with Crippen molar-refractivity contribution in [3.05, 3.63) is 110 Å². The Bertz CT molecular complexity index is 1850. The number of hydrazone groups is 1. The highest BCUT2D eigenvalue weighted by molar-refractivity contribution is 9.10. The lowest BCUT2D eigenvalue weighted by Gasteiger charge is -2.10. The summed E-state index contributed by atoms with van der Waals surface area (Å²) in [6.07, 6.45) is 1.37. The van der Waals surface area contributed by atoms with Crippen LogP contribution >= 0.6 is 39.1 Å². The molecule has 1 aromatic heterocycles. The monoisotopic (exact) mass is 665 g/mol. The van der Waals surface area contributed by atoms with Crippen LogP contribution in [0.5, 0.6) is 17.2 Å². The number of amides is 1. The highest BCUT2D eigenvalue weighted by Gasteiger charge is 2.25. The summed E-state index contributed by atoms with van der Waals surface area (Å²) in [4.78, 5) is 29.5. The molecule has 5 aromatic rings. The number of nitrogens with one attached hydrogen (secondary N) is 2. The van der Waals surface area contributed by atoms with Crippen molar-refractivity contribution in [2.75, 3.05) is 14.2 Å². The number of benzene rings is 4. The molecule has 0 aliphatic carbocycles. The van der Waals surface area contributed by atoms with Gasteiger partial charge in [0.05, 0.1) is 41.9 Å². The summed E-state index contributed by atoms with van der Waals surface area (Å²) >= 11 is 16.1. The molecule has 1 amide bonds. The molecule has 0 aliphatic heterocycles. The van der Waals surface area contributed by atoms with Crippen LogP contribution in [0, 0.1) is 0 Å². The zero-order chi connectivity index (χ0) is 29.8. The van der Waals surface area contributed by atoms with Crippen molar-refractivity contribution >= 4 is 68.1 Å². The number of fused-ring (bicyclic) bond motifs is 1. The van der Waals surface area contributed by atoms with Crippen molar-refractivity contribution in [3.8, 4) is 28.4 Å². The van der Waals surface area contributed by atoms with Gasteiger partial charge in [-0.05, 0) is 48.5 Å². The molecule has 212 valence electrons. The van der Waals surface area contributed by atoms with E-state index in [9.17, 15) is 9.59 Å². The third-order valence-corrected chi connectivity index (χ3v) is 7.48. The SMILES string of the molecule is COc1ccc(OC)c2c(-c3ccccc3Cl)c(C(=O)NN=Cc3cc(Br)ccc3OC(=O)c3ccccc3Cl)[nH]c12. The molecule has 0 saturated carbocycles. The largest absolute Gasteiger partial charge is 0.496 e. The summed E-state index contributed by atoms with van der Waals surface area (Å²) in [6, 6.07) is 22.3. The van der Waals surface area contributed by atoms with Gasteiger partial charge in [0.2, 0.25) is 0 Å². The summed E-state index contributed by atoms with van der Waals surface area (Å²) in [5.74, 6) is 0.0791. The summed E-state index contributed by atoms with van der Waals surface area (Å²) in [5.41, 5.74) is 5.09. The highest BCUT2D eigenvalue weighted by atomic mass is 79.9. The van der Waals surface area contributed by atoms with Crippen molar-refractivity contribution in [2.45, 2.75) is 0 Å². The van der Waals surface area contributed by atoms with Crippen LogP contribution in [0.15, 0.2) is 88.4 Å². The number of aromatic amines is 1. The maximum atomic E-state index is 13.6. The number of hydrogen-bond donors (Lipinski definition) is 2. The van der Waals surface area contributed by atoms with Crippen LogP contribution in [0.3, 0.4) is 0 Å². The quantitative estimate of drug-likeness (QED) is 0.0759. The van der Waals surface area contributed by atoms with Gasteiger partial charge in [0.25, 0.3) is 5.91 Å². The van der Waals surface area contributed by atoms with Crippen LogP contribution < -0.4 is 19.6 Å². The predicted octanol–water partition coefficient (Wildman–Crippen LogP) is 7.90. The predicted molar refractivity (Wildman–Crippen MR) is 167 cm³/mol. The molecule has 5 rings (SSSR count). The van der Waals surface area contributed by atoms with Gasteiger partial charge in [0.1, 0.15) is 22.9 Å². The Labute approximate surface area is 259 Å². The summed E-state index contributed by atoms with van der Waals surface area (Å²) in [5, 5.41) is 5.49. The first-order valence-electron chi connectivity index (χ1n) is 12.4. The molecule has 0 aliphatic rings. The van der Waals surface area contributed by atoms with Crippen LogP contribution in [0.2, 0.25) is 10.0 Å².